The van der Waals surface area contributed by atoms with E-state index in [0.29, 0.717) is 23.2 Å². The predicted octanol–water partition coefficient (Wildman–Crippen LogP) is 35.3. The maximum Gasteiger partial charge on any atom is 0.179 e. The van der Waals surface area contributed by atoms with Crippen LogP contribution in [0.1, 0.15) is 0 Å². The van der Waals surface area contributed by atoms with Crippen LogP contribution in [0.5, 0.6) is 0 Å². The molecule has 11 nitrogen and oxygen atoms in total. The number of pyridine rings is 5. The van der Waals surface area contributed by atoms with Gasteiger partial charge in [-0.3, -0.25) is 9.97 Å². The number of benzene rings is 19. The third-order valence-electron chi connectivity index (χ3n) is 27.6. The van der Waals surface area contributed by atoms with Gasteiger partial charge in [-0.2, -0.15) is 0 Å². The summed E-state index contributed by atoms with van der Waals surface area (Å²) in [4.78, 5) is 54.8. The van der Waals surface area contributed by atoms with Crippen LogP contribution < -0.4 is 0 Å². The molecule has 11 heteroatoms. The summed E-state index contributed by atoms with van der Waals surface area (Å²) in [5, 5.41) is 10.6. The molecule has 0 fully saturated rings. The van der Waals surface area contributed by atoms with Crippen LogP contribution in [0.3, 0.4) is 0 Å². The van der Waals surface area contributed by atoms with Gasteiger partial charge in [0.2, 0.25) is 0 Å². The maximum absolute atomic E-state index is 5.24. The first-order chi connectivity index (χ1) is 74.3. The molecule has 0 aliphatic carbocycles. The van der Waals surface area contributed by atoms with E-state index in [4.69, 9.17) is 44.9 Å². The molecule has 0 aliphatic rings. The zero-order chi connectivity index (χ0) is 99.8. The quantitative estimate of drug-likeness (QED) is 0.0758. The van der Waals surface area contributed by atoms with Gasteiger partial charge >= 0.3 is 0 Å². The van der Waals surface area contributed by atoms with E-state index in [1.54, 1.807) is 12.4 Å². The van der Waals surface area contributed by atoms with Crippen LogP contribution >= 0.6 is 0 Å². The molecule has 150 heavy (non-hydrogen) atoms. The van der Waals surface area contributed by atoms with E-state index in [1.165, 1.54) is 43.4 Å². The second-order valence-electron chi connectivity index (χ2n) is 37.1. The van der Waals surface area contributed by atoms with Gasteiger partial charge in [-0.25, -0.2) is 44.9 Å². The smallest absolute Gasteiger partial charge is 0.179 e. The standard InChI is InChI=1S/C53H35N3.C47H31N3.C39H25N5/c1-4-14-36(15-5-1)42-21-12-23-44(32-42)51-35-50(55-53(56-51)45-24-13-22-43(33-45)37-16-6-2-7-17-37)41-28-26-39(27-29-41)47-34-49(40-19-8-3-9-20-40)54-48-31-30-38-18-10-11-25-46(38)52(47)48;1-4-13-32(14-5-1)38-20-12-21-39(29-38)45-31-44(49-47(50-45)37-18-8-3-9-19-37)36-25-23-34(24-26-36)41-30-43(35-16-6-2-7-17-35)48-42-28-27-33-15-10-11-22-40(33)46(41)42;1-2-11-28(12-3-1)35-24-31(38-30-13-5-4-10-26(30)20-21-33(38)42-35)27-16-18-29(19-17-27)36-25-37(32-14-6-8-22-40-32)44-39(43-36)34-15-7-9-23-41-34/h1-35H;1-31H;1-25H. The molecule has 19 aromatic carbocycles. The molecule has 27 aromatic rings. The van der Waals surface area contributed by atoms with Gasteiger partial charge in [0.05, 0.1) is 73.5 Å². The zero-order valence-corrected chi connectivity index (χ0v) is 81.5. The van der Waals surface area contributed by atoms with Crippen molar-refractivity contribution in [2.75, 3.05) is 0 Å². The van der Waals surface area contributed by atoms with Crippen molar-refractivity contribution in [1.29, 1.82) is 0 Å². The fraction of sp³-hybridized carbons (Fsp3) is 0. The number of rotatable bonds is 18. The lowest BCUT2D eigenvalue weighted by Crippen LogP contribution is -1.98. The molecule has 8 aromatic heterocycles. The Bertz CT molecular complexity index is 9460. The molecule has 0 N–H and O–H groups in total. The van der Waals surface area contributed by atoms with Crippen LogP contribution in [-0.2, 0) is 0 Å². The molecule has 0 spiro atoms. The van der Waals surface area contributed by atoms with Crippen LogP contribution in [0.4, 0.5) is 0 Å². The predicted molar refractivity (Wildman–Crippen MR) is 618 cm³/mol. The van der Waals surface area contributed by atoms with Crippen LogP contribution in [-0.4, -0.2) is 54.8 Å². The van der Waals surface area contributed by atoms with E-state index in [9.17, 15) is 0 Å². The van der Waals surface area contributed by atoms with Crippen molar-refractivity contribution in [3.8, 4) is 203 Å². The third kappa shape index (κ3) is 19.1. The fourth-order valence-electron chi connectivity index (χ4n) is 20.1. The van der Waals surface area contributed by atoms with Gasteiger partial charge in [0.25, 0.3) is 0 Å². The highest BCUT2D eigenvalue weighted by Crippen LogP contribution is 2.45. The minimum atomic E-state index is 0.562. The van der Waals surface area contributed by atoms with Gasteiger partial charge in [0.1, 0.15) is 5.69 Å². The Balaban J connectivity index is 0.000000117. The molecule has 0 aliphatic heterocycles. The first kappa shape index (κ1) is 91.0. The van der Waals surface area contributed by atoms with Crippen molar-refractivity contribution in [1.82, 2.24) is 54.8 Å². The Morgan fingerprint density at radius 3 is 0.700 bits per heavy atom. The summed E-state index contributed by atoms with van der Waals surface area (Å²) < 4.78 is 0. The summed E-state index contributed by atoms with van der Waals surface area (Å²) in [5.41, 5.74) is 36.4. The van der Waals surface area contributed by atoms with Gasteiger partial charge < -0.3 is 0 Å². The Morgan fingerprint density at radius 2 is 0.353 bits per heavy atom. The average Bonchev–Trinajstić information content (AvgIpc) is 0.762. The van der Waals surface area contributed by atoms with Gasteiger partial charge in [0.15, 0.2) is 17.5 Å². The summed E-state index contributed by atoms with van der Waals surface area (Å²) in [5.74, 6) is 1.95. The van der Waals surface area contributed by atoms with Gasteiger partial charge in [-0.05, 0) is 196 Å². The first-order valence-corrected chi connectivity index (χ1v) is 50.3. The maximum atomic E-state index is 5.24. The zero-order valence-electron chi connectivity index (χ0n) is 81.5. The topological polar surface area (TPSA) is 142 Å². The third-order valence-corrected chi connectivity index (χ3v) is 27.6. The molecule has 27 rings (SSSR count). The van der Waals surface area contributed by atoms with E-state index >= 15 is 0 Å². The molecule has 0 unspecified atom stereocenters. The Labute approximate surface area is 868 Å². The lowest BCUT2D eigenvalue weighted by atomic mass is 9.93. The van der Waals surface area contributed by atoms with E-state index in [0.717, 1.165) is 201 Å². The Morgan fingerprint density at radius 1 is 0.113 bits per heavy atom. The molecule has 702 valence electrons. The van der Waals surface area contributed by atoms with Crippen molar-refractivity contribution in [2.45, 2.75) is 0 Å². The Hall–Kier alpha value is -20.3. The lowest BCUT2D eigenvalue weighted by molar-refractivity contribution is 1.13. The molecule has 0 bridgehead atoms. The SMILES string of the molecule is c1ccc(-c2cc(-c3ccc(-c4cc(-c5ccccn5)nc(-c5ccccn5)n4)cc3)c3c(ccc4ccccc43)n2)cc1.c1ccc(-c2cccc(-c3cc(-c4ccc(-c5cc(-c6ccccc6)nc6ccc7ccccc7c56)cc4)nc(-c4cccc(-c5ccccc5)c4)n3)c2)cc1.c1ccc(-c2cccc(-c3cc(-c4ccc(-c5cc(-c6ccccc6)nc6ccc7ccccc7c56)cc4)nc(-c4ccccc4)n3)c2)cc1. The fourth-order valence-corrected chi connectivity index (χ4v) is 20.1. The average molecular weight is 1920 g/mol. The second-order valence-corrected chi connectivity index (χ2v) is 37.1. The number of hydrogen-bond donors (Lipinski definition) is 0. The number of nitrogens with zero attached hydrogens (tertiary/aromatic N) is 11. The summed E-state index contributed by atoms with van der Waals surface area (Å²) in [6.07, 6.45) is 3.53. The number of fused-ring (bicyclic) bond motifs is 9. The second kappa shape index (κ2) is 41.2. The van der Waals surface area contributed by atoms with Crippen molar-refractivity contribution >= 4 is 65.0 Å². The van der Waals surface area contributed by atoms with Crippen LogP contribution in [0, 0.1) is 0 Å². The summed E-state index contributed by atoms with van der Waals surface area (Å²) in [7, 11) is 0. The Kier molecular flexibility index (Phi) is 25.0. The van der Waals surface area contributed by atoms with Gasteiger partial charge in [0, 0.05) is 84.2 Å². The number of hydrogen-bond acceptors (Lipinski definition) is 11. The molecule has 0 saturated carbocycles. The van der Waals surface area contributed by atoms with Crippen LogP contribution in [0.15, 0.2) is 552 Å². The van der Waals surface area contributed by atoms with Crippen LogP contribution in [0.2, 0.25) is 0 Å². The first-order valence-electron chi connectivity index (χ1n) is 50.3. The monoisotopic (exact) mass is 1910 g/mol. The minimum Gasteiger partial charge on any atom is -0.255 e. The van der Waals surface area contributed by atoms with Crippen molar-refractivity contribution in [3.05, 3.63) is 552 Å². The molecule has 0 saturated heterocycles. The number of aromatic nitrogens is 11. The highest BCUT2D eigenvalue weighted by Gasteiger charge is 2.23. The highest BCUT2D eigenvalue weighted by atomic mass is 14.9. The molecular weight excluding hydrogens is 1820 g/mol. The van der Waals surface area contributed by atoms with E-state index < -0.39 is 0 Å². The molecule has 8 heterocycles. The lowest BCUT2D eigenvalue weighted by Gasteiger charge is -2.14. The highest BCUT2D eigenvalue weighted by molar-refractivity contribution is 6.17. The van der Waals surface area contributed by atoms with Crippen molar-refractivity contribution in [2.24, 2.45) is 0 Å². The summed E-state index contributed by atoms with van der Waals surface area (Å²) in [6, 6.07) is 188. The molecule has 0 atom stereocenters. The molecule has 0 amide bonds. The minimum absolute atomic E-state index is 0.562. The molecule has 0 radical (unpaired) electrons. The van der Waals surface area contributed by atoms with E-state index in [1.807, 2.05) is 97.1 Å². The van der Waals surface area contributed by atoms with Crippen LogP contribution in [0.25, 0.3) is 268 Å². The summed E-state index contributed by atoms with van der Waals surface area (Å²) >= 11 is 0. The van der Waals surface area contributed by atoms with E-state index in [-0.39, 0.29) is 0 Å². The van der Waals surface area contributed by atoms with Crippen molar-refractivity contribution in [3.63, 3.8) is 0 Å². The summed E-state index contributed by atoms with van der Waals surface area (Å²) in [6.45, 7) is 0. The normalized spacial score (nSPS) is 11.2. The van der Waals surface area contributed by atoms with Crippen molar-refractivity contribution < 1.29 is 0 Å². The molecular formula is C139H91N11. The largest absolute Gasteiger partial charge is 0.255 e. The van der Waals surface area contributed by atoms with Gasteiger partial charge in [-0.15, -0.1) is 0 Å². The van der Waals surface area contributed by atoms with Gasteiger partial charge in [-0.1, -0.05) is 443 Å². The van der Waals surface area contributed by atoms with E-state index in [2.05, 4.69) is 453 Å².